The van der Waals surface area contributed by atoms with E-state index in [0.717, 1.165) is 22.9 Å². The molecule has 2 aliphatic carbocycles. The Balaban J connectivity index is 1.78. The Hall–Kier alpha value is 0.0838. The van der Waals surface area contributed by atoms with Gasteiger partial charge in [0.15, 0.2) is 0 Å². The fourth-order valence-corrected chi connectivity index (χ4v) is 15.4. The lowest BCUT2D eigenvalue weighted by atomic mass is 10.1. The van der Waals surface area contributed by atoms with Crippen molar-refractivity contribution in [2.75, 3.05) is 12.3 Å². The van der Waals surface area contributed by atoms with Crippen LogP contribution < -0.4 is 5.30 Å². The van der Waals surface area contributed by atoms with Gasteiger partial charge in [-0.2, -0.15) is 0 Å². The Bertz CT molecular complexity index is 553. The highest BCUT2D eigenvalue weighted by atomic mass is 31.1. The normalized spacial score (nSPS) is 30.6. The highest BCUT2D eigenvalue weighted by Gasteiger charge is 2.41. The van der Waals surface area contributed by atoms with Gasteiger partial charge in [-0.25, -0.2) is 0 Å². The Morgan fingerprint density at radius 2 is 1.15 bits per heavy atom. The maximum atomic E-state index is 2.62. The Morgan fingerprint density at radius 3 is 1.56 bits per heavy atom. The fourth-order valence-electron chi connectivity index (χ4n) is 6.28. The summed E-state index contributed by atoms with van der Waals surface area (Å²) in [5, 5.41) is 1.70. The minimum atomic E-state index is -1.03. The molecular weight excluding hydrogens is 375 g/mol. The molecule has 0 spiro atoms. The van der Waals surface area contributed by atoms with Crippen LogP contribution in [0.3, 0.4) is 0 Å². The fraction of sp³-hybridized carbons (Fsp3) is 0.750. The lowest BCUT2D eigenvalue weighted by Gasteiger charge is -2.36. The van der Waals surface area contributed by atoms with E-state index >= 15 is 0 Å². The van der Waals surface area contributed by atoms with Crippen LogP contribution in [0.1, 0.15) is 38.5 Å². The maximum Gasteiger partial charge on any atom is 0.0476 e. The van der Waals surface area contributed by atoms with Crippen molar-refractivity contribution in [1.29, 1.82) is 0 Å². The van der Waals surface area contributed by atoms with Crippen molar-refractivity contribution in [2.24, 2.45) is 11.8 Å². The largest absolute Gasteiger partial charge is 0.0748 e. The average Bonchev–Trinajstić information content (AvgIpc) is 3.23. The predicted molar refractivity (Wildman–Crippen MR) is 132 cm³/mol. The molecule has 1 aromatic carbocycles. The predicted octanol–water partition coefficient (Wildman–Crippen LogP) is 7.81. The molecule has 5 atom stereocenters. The van der Waals surface area contributed by atoms with Gasteiger partial charge in [-0.1, -0.05) is 116 Å². The van der Waals surface area contributed by atoms with Crippen molar-refractivity contribution in [1.82, 2.24) is 0 Å². The van der Waals surface area contributed by atoms with Crippen molar-refractivity contribution >= 4 is 29.4 Å². The molecule has 3 unspecified atom stereocenters. The van der Waals surface area contributed by atoms with Gasteiger partial charge in [0.1, 0.15) is 0 Å². The van der Waals surface area contributed by atoms with E-state index < -0.39 is 16.1 Å². The van der Waals surface area contributed by atoms with Crippen LogP contribution in [-0.4, -0.2) is 28.5 Å². The van der Waals surface area contributed by atoms with E-state index in [1.54, 1.807) is 5.30 Å². The van der Waals surface area contributed by atoms with Crippen LogP contribution in [0.5, 0.6) is 0 Å². The summed E-state index contributed by atoms with van der Waals surface area (Å²) in [6.45, 7) is 15.7. The van der Waals surface area contributed by atoms with Gasteiger partial charge in [0.05, 0.1) is 0 Å². The van der Waals surface area contributed by atoms with Crippen LogP contribution in [0.15, 0.2) is 30.3 Å². The first-order chi connectivity index (χ1) is 12.7. The molecule has 3 heteroatoms. The number of benzene rings is 1. The zero-order chi connectivity index (χ0) is 19.7. The van der Waals surface area contributed by atoms with E-state index in [1.165, 1.54) is 50.8 Å². The van der Waals surface area contributed by atoms with Gasteiger partial charge in [-0.15, -0.1) is 0 Å². The zero-order valence-corrected chi connectivity index (χ0v) is 21.7. The Labute approximate surface area is 172 Å². The molecule has 0 bridgehead atoms. The van der Waals surface area contributed by atoms with Crippen molar-refractivity contribution in [3.05, 3.63) is 30.3 Å². The van der Waals surface area contributed by atoms with Gasteiger partial charge >= 0.3 is 0 Å². The summed E-state index contributed by atoms with van der Waals surface area (Å²) < 4.78 is 0. The first-order valence-corrected chi connectivity index (χ1v) is 20.3. The summed E-state index contributed by atoms with van der Waals surface area (Å²) in [6.07, 6.45) is 12.1. The lowest BCUT2D eigenvalue weighted by molar-refractivity contribution is 0.586. The van der Waals surface area contributed by atoms with Gasteiger partial charge in [-0.3, -0.25) is 0 Å². The van der Waals surface area contributed by atoms with Gasteiger partial charge in [0.2, 0.25) is 0 Å². The quantitative estimate of drug-likeness (QED) is 0.313. The van der Waals surface area contributed by atoms with Crippen LogP contribution >= 0.6 is 7.92 Å². The summed E-state index contributed by atoms with van der Waals surface area (Å²) in [5.74, 6) is 2.05. The third-order valence-corrected chi connectivity index (χ3v) is 16.4. The monoisotopic (exact) mass is 418 g/mol. The molecule has 0 N–H and O–H groups in total. The molecular formula is C24H43PSi2. The molecule has 0 aromatic heterocycles. The molecule has 152 valence electrons. The zero-order valence-electron chi connectivity index (χ0n) is 18.8. The summed E-state index contributed by atoms with van der Waals surface area (Å²) in [4.78, 5) is 0. The van der Waals surface area contributed by atoms with Gasteiger partial charge in [-0.05, 0) is 40.5 Å². The standard InChI is InChI=1S/C24H43PSi2/c1-26(2,3)23-16-10-12-20(23)18-25(22-14-8-7-9-15-22)19-21-13-11-17-24(21)27(4,5)6/h7-9,14-15,20-21,23-24H,10-13,16-19H2,1-6H3/t20-,21+,23?,24?,25?. The Kier molecular flexibility index (Phi) is 7.13. The molecule has 2 saturated carbocycles. The Morgan fingerprint density at radius 1 is 0.704 bits per heavy atom. The SMILES string of the molecule is C[Si](C)(C)C1CCC[C@@H]1CP(C[C@@H]1CCCC1[Si](C)(C)C)c1ccccc1. The van der Waals surface area contributed by atoms with Crippen LogP contribution in [-0.2, 0) is 0 Å². The summed E-state index contributed by atoms with van der Waals surface area (Å²) in [6, 6.07) is 11.7. The molecule has 1 aromatic rings. The number of hydrogen-bond acceptors (Lipinski definition) is 0. The molecule has 2 aliphatic rings. The molecule has 27 heavy (non-hydrogen) atoms. The molecule has 0 nitrogen and oxygen atoms in total. The van der Waals surface area contributed by atoms with E-state index in [4.69, 9.17) is 0 Å². The number of hydrogen-bond donors (Lipinski definition) is 0. The summed E-state index contributed by atoms with van der Waals surface area (Å²) >= 11 is 0. The van der Waals surface area contributed by atoms with E-state index in [2.05, 4.69) is 69.6 Å². The summed E-state index contributed by atoms with van der Waals surface area (Å²) in [7, 11) is -2.03. The second-order valence-electron chi connectivity index (χ2n) is 11.6. The molecule has 2 fully saturated rings. The van der Waals surface area contributed by atoms with E-state index in [-0.39, 0.29) is 7.92 Å². The minimum Gasteiger partial charge on any atom is -0.0748 e. The second-order valence-corrected chi connectivity index (χ2v) is 24.8. The third kappa shape index (κ3) is 5.58. The highest BCUT2D eigenvalue weighted by molar-refractivity contribution is 7.65. The highest BCUT2D eigenvalue weighted by Crippen LogP contribution is 2.54. The van der Waals surface area contributed by atoms with E-state index in [0.29, 0.717) is 0 Å². The maximum absolute atomic E-state index is 2.62. The van der Waals surface area contributed by atoms with Crippen LogP contribution in [0.4, 0.5) is 0 Å². The molecule has 0 heterocycles. The van der Waals surface area contributed by atoms with Crippen molar-refractivity contribution in [2.45, 2.75) is 88.9 Å². The van der Waals surface area contributed by atoms with Crippen LogP contribution in [0, 0.1) is 11.8 Å². The minimum absolute atomic E-state index is 0.0191. The topological polar surface area (TPSA) is 0 Å². The number of rotatable bonds is 7. The molecule has 0 radical (unpaired) electrons. The van der Waals surface area contributed by atoms with Crippen molar-refractivity contribution < 1.29 is 0 Å². The molecule has 0 aliphatic heterocycles. The lowest BCUT2D eigenvalue weighted by Crippen LogP contribution is -2.34. The third-order valence-electron chi connectivity index (χ3n) is 7.57. The average molecular weight is 419 g/mol. The first-order valence-electron chi connectivity index (χ1n) is 11.5. The van der Waals surface area contributed by atoms with E-state index in [9.17, 15) is 0 Å². The van der Waals surface area contributed by atoms with Gasteiger partial charge < -0.3 is 0 Å². The van der Waals surface area contributed by atoms with Crippen molar-refractivity contribution in [3.8, 4) is 0 Å². The van der Waals surface area contributed by atoms with Crippen LogP contribution in [0.2, 0.25) is 50.4 Å². The molecule has 3 rings (SSSR count). The summed E-state index contributed by atoms with van der Waals surface area (Å²) in [5.41, 5.74) is 2.14. The molecule has 0 saturated heterocycles. The first kappa shape index (κ1) is 21.8. The smallest absolute Gasteiger partial charge is 0.0476 e. The van der Waals surface area contributed by atoms with Gasteiger partial charge in [0, 0.05) is 16.1 Å². The van der Waals surface area contributed by atoms with Gasteiger partial charge in [0.25, 0.3) is 0 Å². The van der Waals surface area contributed by atoms with Crippen molar-refractivity contribution in [3.63, 3.8) is 0 Å². The molecule has 0 amide bonds. The second kappa shape index (κ2) is 8.84. The van der Waals surface area contributed by atoms with E-state index in [1.807, 2.05) is 0 Å². The van der Waals surface area contributed by atoms with Crippen LogP contribution in [0.25, 0.3) is 0 Å².